The summed E-state index contributed by atoms with van der Waals surface area (Å²) in [6, 6.07) is 0. The molecule has 0 aliphatic heterocycles. The predicted octanol–water partition coefficient (Wildman–Crippen LogP) is 1.68. The van der Waals surface area contributed by atoms with Crippen molar-refractivity contribution in [1.82, 2.24) is 0 Å². The van der Waals surface area contributed by atoms with Gasteiger partial charge in [0.05, 0.1) is 5.16 Å². The Hall–Kier alpha value is 0.300. The lowest BCUT2D eigenvalue weighted by Gasteiger charge is -2.25. The molecule has 8 heteroatoms. The summed E-state index contributed by atoms with van der Waals surface area (Å²) >= 11 is 0. The molecule has 0 aromatic heterocycles. The van der Waals surface area contributed by atoms with Gasteiger partial charge >= 0.3 is 15.2 Å². The first-order valence-corrected chi connectivity index (χ1v) is 8.47. The fourth-order valence-corrected chi connectivity index (χ4v) is 2.28. The lowest BCUT2D eigenvalue weighted by Crippen LogP contribution is -2.19. The SMILES string of the molecule is CC(C)(CCCCCP(=O)(O)O)P(=O)(O)O. The van der Waals surface area contributed by atoms with E-state index < -0.39 is 20.3 Å². The van der Waals surface area contributed by atoms with Crippen molar-refractivity contribution in [2.24, 2.45) is 0 Å². The second-order valence-corrected chi connectivity index (χ2v) is 8.63. The van der Waals surface area contributed by atoms with Crippen LogP contribution in [0.4, 0.5) is 0 Å². The average molecular weight is 274 g/mol. The number of hydrogen-bond acceptors (Lipinski definition) is 2. The maximum atomic E-state index is 11.0. The number of unbranched alkanes of at least 4 members (excludes halogenated alkanes) is 2. The molecule has 0 heterocycles. The van der Waals surface area contributed by atoms with Crippen molar-refractivity contribution in [3.8, 4) is 0 Å². The lowest BCUT2D eigenvalue weighted by atomic mass is 10.0. The zero-order valence-electron chi connectivity index (χ0n) is 9.54. The van der Waals surface area contributed by atoms with Crippen LogP contribution in [0.5, 0.6) is 0 Å². The summed E-state index contributed by atoms with van der Waals surface area (Å²) in [5.74, 6) is 0. The molecule has 0 spiro atoms. The monoisotopic (exact) mass is 274 g/mol. The van der Waals surface area contributed by atoms with Crippen LogP contribution >= 0.6 is 15.2 Å². The zero-order valence-corrected chi connectivity index (χ0v) is 11.3. The standard InChI is InChI=1S/C8H20O6P2/c1-8(2,16(12,13)14)6-4-3-5-7-15(9,10)11/h3-7H2,1-2H3,(H2,9,10,11)(H2,12,13,14). The van der Waals surface area contributed by atoms with Crippen LogP contribution in [0.2, 0.25) is 0 Å². The molecule has 0 radical (unpaired) electrons. The molecular weight excluding hydrogens is 254 g/mol. The second-order valence-electron chi connectivity index (χ2n) is 4.56. The minimum atomic E-state index is -4.10. The maximum absolute atomic E-state index is 11.0. The molecule has 0 aliphatic carbocycles. The Morgan fingerprint density at radius 1 is 0.938 bits per heavy atom. The van der Waals surface area contributed by atoms with Gasteiger partial charge in [0.1, 0.15) is 0 Å². The van der Waals surface area contributed by atoms with E-state index in [1.165, 1.54) is 13.8 Å². The van der Waals surface area contributed by atoms with Gasteiger partial charge in [-0.05, 0) is 26.7 Å². The van der Waals surface area contributed by atoms with Crippen LogP contribution < -0.4 is 0 Å². The van der Waals surface area contributed by atoms with E-state index in [4.69, 9.17) is 19.6 Å². The molecule has 0 aromatic carbocycles. The first-order valence-electron chi connectivity index (χ1n) is 5.06. The van der Waals surface area contributed by atoms with Crippen LogP contribution in [0.3, 0.4) is 0 Å². The molecule has 0 rings (SSSR count). The number of hydrogen-bond donors (Lipinski definition) is 4. The van der Waals surface area contributed by atoms with Gasteiger partial charge in [-0.2, -0.15) is 0 Å². The summed E-state index contributed by atoms with van der Waals surface area (Å²) in [4.78, 5) is 35.2. The molecule has 0 amide bonds. The Kier molecular flexibility index (Phi) is 5.87. The summed E-state index contributed by atoms with van der Waals surface area (Å²) < 4.78 is 21.6. The maximum Gasteiger partial charge on any atom is 0.331 e. The Morgan fingerprint density at radius 2 is 1.44 bits per heavy atom. The van der Waals surface area contributed by atoms with Crippen LogP contribution in [0.25, 0.3) is 0 Å². The normalized spacial score (nSPS) is 14.1. The third-order valence-corrected chi connectivity index (χ3v) is 5.23. The molecule has 16 heavy (non-hydrogen) atoms. The van der Waals surface area contributed by atoms with Crippen LogP contribution in [-0.4, -0.2) is 30.9 Å². The smallest absolute Gasteiger partial charge is 0.324 e. The summed E-state index contributed by atoms with van der Waals surface area (Å²) in [5, 5.41) is -1.06. The van der Waals surface area contributed by atoms with E-state index in [1.54, 1.807) is 0 Å². The highest BCUT2D eigenvalue weighted by atomic mass is 31.2. The molecular formula is C8H20O6P2. The average Bonchev–Trinajstić information content (AvgIpc) is 1.98. The molecule has 0 aliphatic rings. The van der Waals surface area contributed by atoms with Gasteiger partial charge < -0.3 is 19.6 Å². The van der Waals surface area contributed by atoms with E-state index in [0.29, 0.717) is 25.7 Å². The van der Waals surface area contributed by atoms with Crippen molar-refractivity contribution in [1.29, 1.82) is 0 Å². The molecule has 98 valence electrons. The van der Waals surface area contributed by atoms with Gasteiger partial charge in [0.2, 0.25) is 0 Å². The summed E-state index contributed by atoms with van der Waals surface area (Å²) in [6.07, 6.45) is 1.68. The molecule has 0 bridgehead atoms. The molecule has 0 saturated carbocycles. The molecule has 0 atom stereocenters. The van der Waals surface area contributed by atoms with Crippen LogP contribution in [-0.2, 0) is 9.13 Å². The highest BCUT2D eigenvalue weighted by Gasteiger charge is 2.36. The summed E-state index contributed by atoms with van der Waals surface area (Å²) in [6.45, 7) is 2.99. The molecule has 0 fully saturated rings. The fourth-order valence-electron chi connectivity index (χ4n) is 1.20. The van der Waals surface area contributed by atoms with Crippen molar-refractivity contribution in [3.05, 3.63) is 0 Å². The Balaban J connectivity index is 3.84. The van der Waals surface area contributed by atoms with E-state index in [1.807, 2.05) is 0 Å². The molecule has 4 N–H and O–H groups in total. The van der Waals surface area contributed by atoms with Crippen LogP contribution in [0.1, 0.15) is 39.5 Å². The third-order valence-electron chi connectivity index (χ3n) is 2.53. The highest BCUT2D eigenvalue weighted by molar-refractivity contribution is 7.53. The largest absolute Gasteiger partial charge is 0.331 e. The van der Waals surface area contributed by atoms with Gasteiger partial charge in [-0.3, -0.25) is 9.13 Å². The minimum absolute atomic E-state index is 0.163. The zero-order chi connectivity index (χ0) is 13.0. The van der Waals surface area contributed by atoms with E-state index in [9.17, 15) is 9.13 Å². The molecule has 0 saturated heterocycles. The van der Waals surface area contributed by atoms with Crippen molar-refractivity contribution in [2.45, 2.75) is 44.7 Å². The van der Waals surface area contributed by atoms with Crippen molar-refractivity contribution >= 4 is 15.2 Å². The first-order chi connectivity index (χ1) is 6.96. The van der Waals surface area contributed by atoms with E-state index in [0.717, 1.165) is 0 Å². The van der Waals surface area contributed by atoms with Crippen LogP contribution in [0, 0.1) is 0 Å². The summed E-state index contributed by atoms with van der Waals surface area (Å²) in [7, 11) is -8.04. The Labute approximate surface area is 95.4 Å². The van der Waals surface area contributed by atoms with Crippen LogP contribution in [0.15, 0.2) is 0 Å². The van der Waals surface area contributed by atoms with E-state index >= 15 is 0 Å². The van der Waals surface area contributed by atoms with Crippen molar-refractivity contribution < 1.29 is 28.7 Å². The minimum Gasteiger partial charge on any atom is -0.324 e. The summed E-state index contributed by atoms with van der Waals surface area (Å²) in [5.41, 5.74) is 0. The lowest BCUT2D eigenvalue weighted by molar-refractivity contribution is 0.326. The van der Waals surface area contributed by atoms with Gasteiger partial charge in [0.25, 0.3) is 0 Å². The van der Waals surface area contributed by atoms with E-state index in [-0.39, 0.29) is 6.16 Å². The Morgan fingerprint density at radius 3 is 1.81 bits per heavy atom. The van der Waals surface area contributed by atoms with Gasteiger partial charge in [-0.1, -0.05) is 12.8 Å². The second kappa shape index (κ2) is 5.76. The Bertz CT molecular complexity index is 302. The predicted molar refractivity (Wildman–Crippen MR) is 61.5 cm³/mol. The fraction of sp³-hybridized carbons (Fsp3) is 1.00. The van der Waals surface area contributed by atoms with Gasteiger partial charge in [0, 0.05) is 6.16 Å². The van der Waals surface area contributed by atoms with Crippen molar-refractivity contribution in [3.63, 3.8) is 0 Å². The highest BCUT2D eigenvalue weighted by Crippen LogP contribution is 2.52. The number of rotatable bonds is 7. The van der Waals surface area contributed by atoms with E-state index in [2.05, 4.69) is 0 Å². The third kappa shape index (κ3) is 6.79. The molecule has 0 unspecified atom stereocenters. The van der Waals surface area contributed by atoms with Gasteiger partial charge in [0.15, 0.2) is 0 Å². The quantitative estimate of drug-likeness (QED) is 0.414. The molecule has 6 nitrogen and oxygen atoms in total. The topological polar surface area (TPSA) is 115 Å². The first kappa shape index (κ1) is 16.3. The van der Waals surface area contributed by atoms with Crippen molar-refractivity contribution in [2.75, 3.05) is 6.16 Å². The molecule has 0 aromatic rings. The van der Waals surface area contributed by atoms with Gasteiger partial charge in [-0.15, -0.1) is 0 Å². The van der Waals surface area contributed by atoms with Gasteiger partial charge in [-0.25, -0.2) is 0 Å².